The second kappa shape index (κ2) is 9.08. The van der Waals surface area contributed by atoms with Gasteiger partial charge in [-0.25, -0.2) is 0 Å². The quantitative estimate of drug-likeness (QED) is 0.535. The highest BCUT2D eigenvalue weighted by molar-refractivity contribution is 7.16. The van der Waals surface area contributed by atoms with Gasteiger partial charge in [-0.2, -0.15) is 4.99 Å². The summed E-state index contributed by atoms with van der Waals surface area (Å²) >= 11 is 7.57. The number of aryl methyl sites for hydroxylation is 1. The van der Waals surface area contributed by atoms with E-state index < -0.39 is 0 Å². The molecule has 0 unspecified atom stereocenters. The van der Waals surface area contributed by atoms with E-state index >= 15 is 0 Å². The van der Waals surface area contributed by atoms with E-state index in [1.807, 2.05) is 34.9 Å². The van der Waals surface area contributed by atoms with Gasteiger partial charge in [-0.3, -0.25) is 4.79 Å². The molecule has 0 aliphatic heterocycles. The summed E-state index contributed by atoms with van der Waals surface area (Å²) in [5.74, 6) is 0.959. The molecule has 0 atom stereocenters. The lowest BCUT2D eigenvalue weighted by Crippen LogP contribution is -2.16. The predicted molar refractivity (Wildman–Crippen MR) is 114 cm³/mol. The normalized spacial score (nSPS) is 12.1. The van der Waals surface area contributed by atoms with Crippen LogP contribution in [0.3, 0.4) is 0 Å². The number of methoxy groups -OCH3 is 2. The molecule has 7 heteroatoms. The smallest absolute Gasteiger partial charge is 0.272 e. The van der Waals surface area contributed by atoms with Crippen molar-refractivity contribution in [3.63, 3.8) is 0 Å². The van der Waals surface area contributed by atoms with Crippen LogP contribution in [-0.4, -0.2) is 24.7 Å². The molecule has 1 aromatic heterocycles. The maximum atomic E-state index is 12.4. The van der Waals surface area contributed by atoms with Crippen molar-refractivity contribution in [1.82, 2.24) is 4.57 Å². The van der Waals surface area contributed by atoms with E-state index in [4.69, 9.17) is 21.1 Å². The van der Waals surface area contributed by atoms with Crippen molar-refractivity contribution in [1.29, 1.82) is 0 Å². The fraction of sp³-hybridized carbons (Fsp3) is 0.238. The van der Waals surface area contributed by atoms with Crippen LogP contribution in [0.25, 0.3) is 16.3 Å². The summed E-state index contributed by atoms with van der Waals surface area (Å²) < 4.78 is 13.8. The van der Waals surface area contributed by atoms with Gasteiger partial charge in [0.25, 0.3) is 5.91 Å². The average Bonchev–Trinajstić information content (AvgIpc) is 3.02. The van der Waals surface area contributed by atoms with E-state index in [1.165, 1.54) is 17.4 Å². The number of hydrogen-bond donors (Lipinski definition) is 0. The zero-order chi connectivity index (χ0) is 20.1. The molecule has 1 amide bonds. The highest BCUT2D eigenvalue weighted by Gasteiger charge is 2.12. The molecule has 3 rings (SSSR count). The number of carbonyl (C=O) groups excluding carboxylic acids is 1. The molecule has 5 nitrogen and oxygen atoms in total. The summed E-state index contributed by atoms with van der Waals surface area (Å²) in [6, 6.07) is 11.2. The Morgan fingerprint density at radius 2 is 1.93 bits per heavy atom. The molecular formula is C21H21ClN2O3S. The molecule has 3 aromatic rings. The molecule has 0 N–H and O–H groups in total. The average molecular weight is 417 g/mol. The molecule has 146 valence electrons. The Bertz CT molecular complexity index is 1100. The number of aromatic nitrogens is 1. The van der Waals surface area contributed by atoms with Crippen molar-refractivity contribution in [2.45, 2.75) is 19.9 Å². The number of hydrogen-bond acceptors (Lipinski definition) is 4. The van der Waals surface area contributed by atoms with Gasteiger partial charge in [0.1, 0.15) is 0 Å². The minimum Gasteiger partial charge on any atom is -0.493 e. The van der Waals surface area contributed by atoms with Crippen LogP contribution in [0.15, 0.2) is 47.5 Å². The number of rotatable bonds is 6. The Morgan fingerprint density at radius 1 is 1.21 bits per heavy atom. The van der Waals surface area contributed by atoms with Crippen molar-refractivity contribution in [2.75, 3.05) is 14.2 Å². The van der Waals surface area contributed by atoms with E-state index in [0.29, 0.717) is 21.3 Å². The fourth-order valence-corrected chi connectivity index (χ4v) is 4.10. The standard InChI is InChI=1S/C21H21ClN2O3S/c1-4-11-24-16-12-17(26-2)18(27-3)13-19(16)28-21(24)23-20(25)10-9-14-7-5-6-8-15(14)22/h5-10,12-13H,4,11H2,1-3H3/b10-9+,23-21?. The van der Waals surface area contributed by atoms with Crippen LogP contribution in [0.4, 0.5) is 0 Å². The largest absolute Gasteiger partial charge is 0.493 e. The monoisotopic (exact) mass is 416 g/mol. The third-order valence-corrected chi connectivity index (χ3v) is 5.54. The topological polar surface area (TPSA) is 52.8 Å². The van der Waals surface area contributed by atoms with Crippen molar-refractivity contribution in [2.24, 2.45) is 4.99 Å². The van der Waals surface area contributed by atoms with Gasteiger partial charge in [-0.05, 0) is 24.1 Å². The SMILES string of the molecule is CCCn1c(=NC(=O)/C=C/c2ccccc2Cl)sc2cc(OC)c(OC)cc21. The highest BCUT2D eigenvalue weighted by Crippen LogP contribution is 2.33. The minimum atomic E-state index is -0.338. The van der Waals surface area contributed by atoms with Gasteiger partial charge < -0.3 is 14.0 Å². The summed E-state index contributed by atoms with van der Waals surface area (Å²) in [6.07, 6.45) is 4.03. The third-order valence-electron chi connectivity index (χ3n) is 4.15. The number of fused-ring (bicyclic) bond motifs is 1. The Balaban J connectivity index is 2.04. The van der Waals surface area contributed by atoms with Gasteiger partial charge in [-0.15, -0.1) is 0 Å². The number of nitrogens with zero attached hydrogens (tertiary/aromatic N) is 2. The number of benzene rings is 2. The fourth-order valence-electron chi connectivity index (χ4n) is 2.82. The molecule has 0 radical (unpaired) electrons. The summed E-state index contributed by atoms with van der Waals surface area (Å²) in [6.45, 7) is 2.83. The highest BCUT2D eigenvalue weighted by atomic mass is 35.5. The van der Waals surface area contributed by atoms with Gasteiger partial charge in [0, 0.05) is 29.8 Å². The lowest BCUT2D eigenvalue weighted by molar-refractivity contribution is -0.113. The molecule has 1 heterocycles. The first-order valence-corrected chi connectivity index (χ1v) is 10.0. The third kappa shape index (κ3) is 4.29. The zero-order valence-corrected chi connectivity index (χ0v) is 17.5. The zero-order valence-electron chi connectivity index (χ0n) is 15.9. The van der Waals surface area contributed by atoms with Crippen LogP contribution in [-0.2, 0) is 11.3 Å². The number of ether oxygens (including phenoxy) is 2. The molecule has 0 bridgehead atoms. The maximum Gasteiger partial charge on any atom is 0.272 e. The summed E-state index contributed by atoms with van der Waals surface area (Å²) in [5, 5.41) is 0.591. The molecule has 0 aliphatic rings. The summed E-state index contributed by atoms with van der Waals surface area (Å²) in [7, 11) is 3.21. The number of amides is 1. The van der Waals surface area contributed by atoms with E-state index in [-0.39, 0.29) is 5.91 Å². The first-order valence-electron chi connectivity index (χ1n) is 8.84. The van der Waals surface area contributed by atoms with E-state index in [1.54, 1.807) is 26.4 Å². The first kappa shape index (κ1) is 20.2. The van der Waals surface area contributed by atoms with Gasteiger partial charge in [0.05, 0.1) is 24.4 Å². The van der Waals surface area contributed by atoms with Gasteiger partial charge >= 0.3 is 0 Å². The predicted octanol–water partition coefficient (Wildman–Crippen LogP) is 4.92. The van der Waals surface area contributed by atoms with Gasteiger partial charge in [-0.1, -0.05) is 48.1 Å². The molecule has 2 aromatic carbocycles. The number of carbonyl (C=O) groups is 1. The maximum absolute atomic E-state index is 12.4. The molecule has 0 fully saturated rings. The molecule has 0 saturated carbocycles. The Labute approximate surface area is 172 Å². The lowest BCUT2D eigenvalue weighted by atomic mass is 10.2. The first-order chi connectivity index (χ1) is 13.6. The van der Waals surface area contributed by atoms with Crippen LogP contribution >= 0.6 is 22.9 Å². The number of thiazole rings is 1. The molecule has 0 aliphatic carbocycles. The second-order valence-electron chi connectivity index (χ2n) is 6.02. The van der Waals surface area contributed by atoms with Crippen LogP contribution in [0.2, 0.25) is 5.02 Å². The van der Waals surface area contributed by atoms with Crippen LogP contribution in [0, 0.1) is 0 Å². The Kier molecular flexibility index (Phi) is 6.54. The second-order valence-corrected chi connectivity index (χ2v) is 7.43. The van der Waals surface area contributed by atoms with Crippen LogP contribution in [0.1, 0.15) is 18.9 Å². The van der Waals surface area contributed by atoms with Crippen molar-refractivity contribution >= 4 is 45.1 Å². The molecular weight excluding hydrogens is 396 g/mol. The molecule has 0 spiro atoms. The Hall–Kier alpha value is -2.57. The van der Waals surface area contributed by atoms with Crippen molar-refractivity contribution < 1.29 is 14.3 Å². The van der Waals surface area contributed by atoms with Gasteiger partial charge in [0.2, 0.25) is 0 Å². The van der Waals surface area contributed by atoms with Crippen molar-refractivity contribution in [3.8, 4) is 11.5 Å². The lowest BCUT2D eigenvalue weighted by Gasteiger charge is -2.08. The summed E-state index contributed by atoms with van der Waals surface area (Å²) in [4.78, 5) is 17.4. The van der Waals surface area contributed by atoms with Crippen molar-refractivity contribution in [3.05, 3.63) is 57.9 Å². The molecule has 0 saturated heterocycles. The van der Waals surface area contributed by atoms with E-state index in [9.17, 15) is 4.79 Å². The Morgan fingerprint density at radius 3 is 2.61 bits per heavy atom. The van der Waals surface area contributed by atoms with E-state index in [2.05, 4.69) is 11.9 Å². The van der Waals surface area contributed by atoms with E-state index in [0.717, 1.165) is 28.7 Å². The number of halogens is 1. The summed E-state index contributed by atoms with van der Waals surface area (Å²) in [5.41, 5.74) is 1.74. The minimum absolute atomic E-state index is 0.338. The van der Waals surface area contributed by atoms with Crippen LogP contribution in [0.5, 0.6) is 11.5 Å². The van der Waals surface area contributed by atoms with Gasteiger partial charge in [0.15, 0.2) is 16.3 Å². The molecule has 28 heavy (non-hydrogen) atoms. The van der Waals surface area contributed by atoms with Crippen LogP contribution < -0.4 is 14.3 Å².